The van der Waals surface area contributed by atoms with E-state index >= 15 is 0 Å². The standard InChI is InChI=1S/C16H11FO3/c1-9-6-12(18)15-13(7-9)20-14(16(15)19)8-10-2-4-11(17)5-3-10/h2-8,18H,1H3. The molecule has 1 N–H and O–H groups in total. The van der Waals surface area contributed by atoms with Gasteiger partial charge in [0.25, 0.3) is 0 Å². The van der Waals surface area contributed by atoms with Crippen LogP contribution in [0.2, 0.25) is 0 Å². The number of ketones is 1. The third-order valence-electron chi connectivity index (χ3n) is 3.06. The van der Waals surface area contributed by atoms with Crippen LogP contribution in [0.4, 0.5) is 4.39 Å². The molecule has 0 spiro atoms. The number of rotatable bonds is 1. The third kappa shape index (κ3) is 2.05. The van der Waals surface area contributed by atoms with Crippen LogP contribution in [-0.4, -0.2) is 10.9 Å². The highest BCUT2D eigenvalue weighted by atomic mass is 19.1. The molecule has 1 aliphatic heterocycles. The lowest BCUT2D eigenvalue weighted by molar-refractivity contribution is 0.101. The number of fused-ring (bicyclic) bond motifs is 1. The second-order valence-electron chi connectivity index (χ2n) is 4.65. The summed E-state index contributed by atoms with van der Waals surface area (Å²) in [5.74, 6) is -0.343. The van der Waals surface area contributed by atoms with Gasteiger partial charge in [-0.15, -0.1) is 0 Å². The Morgan fingerprint density at radius 3 is 2.60 bits per heavy atom. The van der Waals surface area contributed by atoms with Crippen LogP contribution in [0.25, 0.3) is 6.08 Å². The van der Waals surface area contributed by atoms with Crippen molar-refractivity contribution < 1.29 is 19.0 Å². The number of hydrogen-bond donors (Lipinski definition) is 1. The Kier molecular flexibility index (Phi) is 2.79. The first-order valence-corrected chi connectivity index (χ1v) is 6.08. The summed E-state index contributed by atoms with van der Waals surface area (Å²) >= 11 is 0. The number of halogens is 1. The number of Topliss-reactive ketones (excluding diaryl/α,β-unsaturated/α-hetero) is 1. The molecule has 0 amide bonds. The van der Waals surface area contributed by atoms with Crippen molar-refractivity contribution >= 4 is 11.9 Å². The number of aryl methyl sites for hydroxylation is 1. The average Bonchev–Trinajstić information content (AvgIpc) is 2.69. The summed E-state index contributed by atoms with van der Waals surface area (Å²) in [6.07, 6.45) is 1.52. The summed E-state index contributed by atoms with van der Waals surface area (Å²) in [4.78, 5) is 12.2. The predicted molar refractivity (Wildman–Crippen MR) is 72.2 cm³/mol. The van der Waals surface area contributed by atoms with Crippen molar-refractivity contribution in [3.05, 3.63) is 64.7 Å². The van der Waals surface area contributed by atoms with Crippen LogP contribution in [0.1, 0.15) is 21.5 Å². The van der Waals surface area contributed by atoms with E-state index in [-0.39, 0.29) is 28.7 Å². The third-order valence-corrected chi connectivity index (χ3v) is 3.06. The molecule has 0 atom stereocenters. The van der Waals surface area contributed by atoms with E-state index in [2.05, 4.69) is 0 Å². The SMILES string of the molecule is Cc1cc(O)c2c(c1)OC(=Cc1ccc(F)cc1)C2=O. The first-order valence-electron chi connectivity index (χ1n) is 6.08. The van der Waals surface area contributed by atoms with Crippen molar-refractivity contribution in [3.63, 3.8) is 0 Å². The van der Waals surface area contributed by atoms with E-state index in [0.717, 1.165) is 5.56 Å². The van der Waals surface area contributed by atoms with E-state index in [9.17, 15) is 14.3 Å². The zero-order valence-corrected chi connectivity index (χ0v) is 10.7. The molecule has 0 bridgehead atoms. The van der Waals surface area contributed by atoms with E-state index < -0.39 is 0 Å². The zero-order valence-electron chi connectivity index (χ0n) is 10.7. The summed E-state index contributed by atoms with van der Waals surface area (Å²) in [7, 11) is 0. The number of phenolic OH excluding ortho intramolecular Hbond substituents is 1. The van der Waals surface area contributed by atoms with Crippen LogP contribution < -0.4 is 4.74 Å². The number of allylic oxidation sites excluding steroid dienone is 1. The fraction of sp³-hybridized carbons (Fsp3) is 0.0625. The average molecular weight is 270 g/mol. The molecule has 100 valence electrons. The fourth-order valence-electron chi connectivity index (χ4n) is 2.14. The Bertz CT molecular complexity index is 730. The molecule has 0 fully saturated rings. The van der Waals surface area contributed by atoms with Crippen molar-refractivity contribution in [3.8, 4) is 11.5 Å². The van der Waals surface area contributed by atoms with E-state index in [1.54, 1.807) is 25.1 Å². The van der Waals surface area contributed by atoms with Crippen LogP contribution in [0.3, 0.4) is 0 Å². The topological polar surface area (TPSA) is 46.5 Å². The molecule has 0 aromatic heterocycles. The van der Waals surface area contributed by atoms with Gasteiger partial charge in [0.15, 0.2) is 5.76 Å². The fourth-order valence-corrected chi connectivity index (χ4v) is 2.14. The highest BCUT2D eigenvalue weighted by Gasteiger charge is 2.30. The summed E-state index contributed by atoms with van der Waals surface area (Å²) in [6, 6.07) is 8.92. The lowest BCUT2D eigenvalue weighted by atomic mass is 10.1. The van der Waals surface area contributed by atoms with Crippen molar-refractivity contribution in [1.82, 2.24) is 0 Å². The van der Waals surface area contributed by atoms with Crippen LogP contribution in [-0.2, 0) is 0 Å². The summed E-state index contributed by atoms with van der Waals surface area (Å²) in [5.41, 5.74) is 1.62. The van der Waals surface area contributed by atoms with Crippen molar-refractivity contribution in [2.75, 3.05) is 0 Å². The first-order chi connectivity index (χ1) is 9.54. The molecule has 1 aliphatic rings. The van der Waals surface area contributed by atoms with Gasteiger partial charge in [-0.2, -0.15) is 0 Å². The number of benzene rings is 2. The van der Waals surface area contributed by atoms with Crippen molar-refractivity contribution in [1.29, 1.82) is 0 Å². The number of carbonyl (C=O) groups is 1. The molecule has 0 saturated heterocycles. The molecule has 0 aliphatic carbocycles. The quantitative estimate of drug-likeness (QED) is 0.807. The Morgan fingerprint density at radius 1 is 1.20 bits per heavy atom. The second kappa shape index (κ2) is 4.49. The Balaban J connectivity index is 2.01. The molecular weight excluding hydrogens is 259 g/mol. The number of carbonyl (C=O) groups excluding carboxylic acids is 1. The molecule has 2 aromatic rings. The largest absolute Gasteiger partial charge is 0.507 e. The van der Waals surface area contributed by atoms with Crippen LogP contribution >= 0.6 is 0 Å². The minimum atomic E-state index is -0.373. The van der Waals surface area contributed by atoms with Crippen LogP contribution in [0.15, 0.2) is 42.2 Å². The van der Waals surface area contributed by atoms with Crippen LogP contribution in [0, 0.1) is 12.7 Å². The number of aromatic hydroxyl groups is 1. The van der Waals surface area contributed by atoms with Crippen molar-refractivity contribution in [2.45, 2.75) is 6.92 Å². The monoisotopic (exact) mass is 270 g/mol. The molecule has 4 heteroatoms. The van der Waals surface area contributed by atoms with Crippen molar-refractivity contribution in [2.24, 2.45) is 0 Å². The zero-order chi connectivity index (χ0) is 14.3. The summed E-state index contributed by atoms with van der Waals surface area (Å²) in [5, 5.41) is 9.83. The molecular formula is C16H11FO3. The normalized spacial score (nSPS) is 15.3. The van der Waals surface area contributed by atoms with E-state index in [1.807, 2.05) is 0 Å². The molecule has 0 radical (unpaired) electrons. The molecule has 1 heterocycles. The molecule has 3 rings (SSSR count). The van der Waals surface area contributed by atoms with Gasteiger partial charge in [-0.05, 0) is 48.4 Å². The predicted octanol–water partition coefficient (Wildman–Crippen LogP) is 3.46. The highest BCUT2D eigenvalue weighted by Crippen LogP contribution is 2.38. The number of hydrogen-bond acceptors (Lipinski definition) is 3. The van der Waals surface area contributed by atoms with Gasteiger partial charge in [0.2, 0.25) is 5.78 Å². The number of phenols is 1. The second-order valence-corrected chi connectivity index (χ2v) is 4.65. The Hall–Kier alpha value is -2.62. The Morgan fingerprint density at radius 2 is 1.90 bits per heavy atom. The summed E-state index contributed by atoms with van der Waals surface area (Å²) in [6.45, 7) is 1.80. The van der Waals surface area contributed by atoms with Gasteiger partial charge >= 0.3 is 0 Å². The molecule has 2 aromatic carbocycles. The lowest BCUT2D eigenvalue weighted by Gasteiger charge is -2.00. The van der Waals surface area contributed by atoms with E-state index in [0.29, 0.717) is 11.3 Å². The minimum Gasteiger partial charge on any atom is -0.507 e. The minimum absolute atomic E-state index is 0.0903. The maximum atomic E-state index is 12.8. The Labute approximate surface area is 114 Å². The van der Waals surface area contributed by atoms with Gasteiger partial charge in [0.05, 0.1) is 0 Å². The number of ether oxygens (including phenoxy) is 1. The van der Waals surface area contributed by atoms with Gasteiger partial charge in [-0.1, -0.05) is 12.1 Å². The maximum absolute atomic E-state index is 12.8. The van der Waals surface area contributed by atoms with E-state index in [4.69, 9.17) is 4.74 Å². The van der Waals surface area contributed by atoms with Gasteiger partial charge < -0.3 is 9.84 Å². The lowest BCUT2D eigenvalue weighted by Crippen LogP contribution is -1.98. The molecule has 20 heavy (non-hydrogen) atoms. The highest BCUT2D eigenvalue weighted by molar-refractivity contribution is 6.16. The molecule has 0 saturated carbocycles. The smallest absolute Gasteiger partial charge is 0.235 e. The van der Waals surface area contributed by atoms with Gasteiger partial charge in [0.1, 0.15) is 22.9 Å². The molecule has 3 nitrogen and oxygen atoms in total. The first kappa shape index (κ1) is 12.4. The van der Waals surface area contributed by atoms with Gasteiger partial charge in [-0.25, -0.2) is 4.39 Å². The van der Waals surface area contributed by atoms with Gasteiger partial charge in [-0.3, -0.25) is 4.79 Å². The van der Waals surface area contributed by atoms with E-state index in [1.165, 1.54) is 24.3 Å². The van der Waals surface area contributed by atoms with Gasteiger partial charge in [0, 0.05) is 0 Å². The maximum Gasteiger partial charge on any atom is 0.235 e. The molecule has 0 unspecified atom stereocenters. The van der Waals surface area contributed by atoms with Crippen LogP contribution in [0.5, 0.6) is 11.5 Å². The summed E-state index contributed by atoms with van der Waals surface area (Å²) < 4.78 is 18.3.